The highest BCUT2D eigenvalue weighted by atomic mass is 16.3. The Labute approximate surface area is 115 Å². The Morgan fingerprint density at radius 3 is 2.58 bits per heavy atom. The van der Waals surface area contributed by atoms with Gasteiger partial charge in [-0.15, -0.1) is 0 Å². The summed E-state index contributed by atoms with van der Waals surface area (Å²) < 4.78 is 5.41. The van der Waals surface area contributed by atoms with Crippen LogP contribution >= 0.6 is 0 Å². The van der Waals surface area contributed by atoms with Crippen LogP contribution in [0.3, 0.4) is 0 Å². The van der Waals surface area contributed by atoms with Crippen molar-refractivity contribution in [1.82, 2.24) is 10.2 Å². The Hall–Kier alpha value is -1.29. The molecule has 0 spiro atoms. The molecule has 4 heteroatoms. The first kappa shape index (κ1) is 14.1. The third kappa shape index (κ3) is 3.38. The smallest absolute Gasteiger partial charge is 0.289 e. The summed E-state index contributed by atoms with van der Waals surface area (Å²) >= 11 is 0. The fraction of sp³-hybridized carbons (Fsp3) is 0.667. The molecule has 0 saturated heterocycles. The number of hydrogen-bond donors (Lipinski definition) is 1. The van der Waals surface area contributed by atoms with Crippen molar-refractivity contribution < 1.29 is 9.21 Å². The molecule has 0 aliphatic heterocycles. The molecule has 2 rings (SSSR count). The number of amides is 1. The third-order valence-electron chi connectivity index (χ3n) is 4.01. The zero-order valence-corrected chi connectivity index (χ0v) is 12.1. The SMILES string of the molecule is CCNC1CCC(N(C)C(=O)c2ccc(C)o2)CC1. The van der Waals surface area contributed by atoms with Crippen molar-refractivity contribution in [2.45, 2.75) is 51.6 Å². The summed E-state index contributed by atoms with van der Waals surface area (Å²) in [4.78, 5) is 14.1. The lowest BCUT2D eigenvalue weighted by Gasteiger charge is -2.34. The molecule has 0 radical (unpaired) electrons. The van der Waals surface area contributed by atoms with E-state index in [1.54, 1.807) is 6.07 Å². The topological polar surface area (TPSA) is 45.5 Å². The summed E-state index contributed by atoms with van der Waals surface area (Å²) in [5.74, 6) is 1.24. The summed E-state index contributed by atoms with van der Waals surface area (Å²) in [7, 11) is 1.89. The van der Waals surface area contributed by atoms with Gasteiger partial charge in [-0.3, -0.25) is 4.79 Å². The van der Waals surface area contributed by atoms with E-state index in [1.165, 1.54) is 0 Å². The lowest BCUT2D eigenvalue weighted by Crippen LogP contribution is -2.43. The standard InChI is InChI=1S/C15H24N2O2/c1-4-16-12-6-8-13(9-7-12)17(3)15(18)14-10-5-11(2)19-14/h5,10,12-13,16H,4,6-9H2,1-3H3. The van der Waals surface area contributed by atoms with Gasteiger partial charge in [0.1, 0.15) is 5.76 Å². The van der Waals surface area contributed by atoms with Crippen LogP contribution in [0, 0.1) is 6.92 Å². The lowest BCUT2D eigenvalue weighted by atomic mass is 9.90. The van der Waals surface area contributed by atoms with E-state index < -0.39 is 0 Å². The fourth-order valence-corrected chi connectivity index (χ4v) is 2.85. The van der Waals surface area contributed by atoms with Crippen LogP contribution in [0.4, 0.5) is 0 Å². The van der Waals surface area contributed by atoms with E-state index in [-0.39, 0.29) is 5.91 Å². The first-order valence-corrected chi connectivity index (χ1v) is 7.18. The quantitative estimate of drug-likeness (QED) is 0.909. The molecule has 106 valence electrons. The molecule has 0 atom stereocenters. The fourth-order valence-electron chi connectivity index (χ4n) is 2.85. The van der Waals surface area contributed by atoms with Crippen molar-refractivity contribution >= 4 is 5.91 Å². The number of nitrogens with zero attached hydrogens (tertiary/aromatic N) is 1. The normalized spacial score (nSPS) is 23.3. The van der Waals surface area contributed by atoms with Crippen LogP contribution in [-0.2, 0) is 0 Å². The van der Waals surface area contributed by atoms with Crippen molar-refractivity contribution in [3.63, 3.8) is 0 Å². The molecule has 0 aromatic carbocycles. The van der Waals surface area contributed by atoms with Crippen molar-refractivity contribution in [2.75, 3.05) is 13.6 Å². The predicted molar refractivity (Wildman–Crippen MR) is 75.3 cm³/mol. The highest BCUT2D eigenvalue weighted by Gasteiger charge is 2.27. The molecule has 1 N–H and O–H groups in total. The van der Waals surface area contributed by atoms with Crippen molar-refractivity contribution in [1.29, 1.82) is 0 Å². The molecule has 1 amide bonds. The van der Waals surface area contributed by atoms with Crippen molar-refractivity contribution in [3.8, 4) is 0 Å². The highest BCUT2D eigenvalue weighted by Crippen LogP contribution is 2.23. The molecule has 1 saturated carbocycles. The van der Waals surface area contributed by atoms with Crippen LogP contribution in [0.5, 0.6) is 0 Å². The van der Waals surface area contributed by atoms with Gasteiger partial charge in [-0.2, -0.15) is 0 Å². The highest BCUT2D eigenvalue weighted by molar-refractivity contribution is 5.91. The zero-order chi connectivity index (χ0) is 13.8. The Morgan fingerprint density at radius 2 is 2.05 bits per heavy atom. The maximum atomic E-state index is 12.3. The minimum absolute atomic E-state index is 0.000000656. The van der Waals surface area contributed by atoms with E-state index in [2.05, 4.69) is 12.2 Å². The Kier molecular flexibility index (Phi) is 4.64. The second-order valence-electron chi connectivity index (χ2n) is 5.39. The molecular weight excluding hydrogens is 240 g/mol. The first-order chi connectivity index (χ1) is 9.11. The van der Waals surface area contributed by atoms with E-state index >= 15 is 0 Å². The number of carbonyl (C=O) groups excluding carboxylic acids is 1. The molecule has 0 bridgehead atoms. The average Bonchev–Trinajstić information content (AvgIpc) is 2.85. The summed E-state index contributed by atoms with van der Waals surface area (Å²) in [5, 5.41) is 3.49. The van der Waals surface area contributed by atoms with Gasteiger partial charge in [0.15, 0.2) is 5.76 Å². The number of carbonyl (C=O) groups is 1. The predicted octanol–water partition coefficient (Wildman–Crippen LogP) is 2.58. The van der Waals surface area contributed by atoms with E-state index in [1.807, 2.05) is 24.9 Å². The van der Waals surface area contributed by atoms with Crippen LogP contribution in [0.2, 0.25) is 0 Å². The van der Waals surface area contributed by atoms with E-state index in [0.717, 1.165) is 38.0 Å². The largest absolute Gasteiger partial charge is 0.456 e. The number of nitrogens with one attached hydrogen (secondary N) is 1. The molecule has 19 heavy (non-hydrogen) atoms. The molecule has 1 heterocycles. The van der Waals surface area contributed by atoms with Gasteiger partial charge in [-0.1, -0.05) is 6.92 Å². The van der Waals surface area contributed by atoms with Gasteiger partial charge in [0.05, 0.1) is 0 Å². The van der Waals surface area contributed by atoms with Gasteiger partial charge in [0.2, 0.25) is 0 Å². The number of furan rings is 1. The van der Waals surface area contributed by atoms with Gasteiger partial charge in [0, 0.05) is 19.1 Å². The Morgan fingerprint density at radius 1 is 1.37 bits per heavy atom. The number of aryl methyl sites for hydroxylation is 1. The summed E-state index contributed by atoms with van der Waals surface area (Å²) in [5.41, 5.74) is 0. The van der Waals surface area contributed by atoms with Gasteiger partial charge in [0.25, 0.3) is 5.91 Å². The number of hydrogen-bond acceptors (Lipinski definition) is 3. The molecule has 0 unspecified atom stereocenters. The summed E-state index contributed by atoms with van der Waals surface area (Å²) in [6, 6.07) is 4.56. The lowest BCUT2D eigenvalue weighted by molar-refractivity contribution is 0.0651. The minimum Gasteiger partial charge on any atom is -0.456 e. The Balaban J connectivity index is 1.90. The first-order valence-electron chi connectivity index (χ1n) is 7.18. The monoisotopic (exact) mass is 264 g/mol. The van der Waals surface area contributed by atoms with Crippen LogP contribution in [0.25, 0.3) is 0 Å². The van der Waals surface area contributed by atoms with Crippen LogP contribution < -0.4 is 5.32 Å². The van der Waals surface area contributed by atoms with E-state index in [9.17, 15) is 4.79 Å². The van der Waals surface area contributed by atoms with Crippen molar-refractivity contribution in [3.05, 3.63) is 23.7 Å². The van der Waals surface area contributed by atoms with E-state index in [4.69, 9.17) is 4.42 Å². The van der Waals surface area contributed by atoms with Gasteiger partial charge < -0.3 is 14.6 Å². The van der Waals surface area contributed by atoms with Gasteiger partial charge in [-0.25, -0.2) is 0 Å². The van der Waals surface area contributed by atoms with E-state index in [0.29, 0.717) is 17.8 Å². The number of rotatable bonds is 4. The van der Waals surface area contributed by atoms with Crippen LogP contribution in [0.15, 0.2) is 16.5 Å². The second-order valence-corrected chi connectivity index (χ2v) is 5.39. The zero-order valence-electron chi connectivity index (χ0n) is 12.1. The molecule has 4 nitrogen and oxygen atoms in total. The Bertz CT molecular complexity index is 420. The van der Waals surface area contributed by atoms with Crippen LogP contribution in [-0.4, -0.2) is 36.5 Å². The second kappa shape index (κ2) is 6.24. The van der Waals surface area contributed by atoms with Gasteiger partial charge >= 0.3 is 0 Å². The molecular formula is C15H24N2O2. The minimum atomic E-state index is 0.000000656. The average molecular weight is 264 g/mol. The van der Waals surface area contributed by atoms with Gasteiger partial charge in [-0.05, 0) is 51.3 Å². The summed E-state index contributed by atoms with van der Waals surface area (Å²) in [6.07, 6.45) is 4.43. The maximum absolute atomic E-state index is 12.3. The molecule has 1 aliphatic carbocycles. The maximum Gasteiger partial charge on any atom is 0.289 e. The molecule has 1 aromatic heterocycles. The molecule has 1 aliphatic rings. The molecule has 1 fully saturated rings. The summed E-state index contributed by atoms with van der Waals surface area (Å²) in [6.45, 7) is 5.02. The molecule has 1 aromatic rings. The van der Waals surface area contributed by atoms with Crippen LogP contribution in [0.1, 0.15) is 48.9 Å². The third-order valence-corrected chi connectivity index (χ3v) is 4.01. The van der Waals surface area contributed by atoms with Crippen molar-refractivity contribution in [2.24, 2.45) is 0 Å².